The molecule has 1 atom stereocenters. The minimum atomic E-state index is -3.84. The van der Waals surface area contributed by atoms with Crippen molar-refractivity contribution >= 4 is 10.0 Å². The van der Waals surface area contributed by atoms with Crippen molar-refractivity contribution in [2.24, 2.45) is 11.3 Å². The molecule has 2 aliphatic rings. The predicted octanol–water partition coefficient (Wildman–Crippen LogP) is 2.36. The molecule has 0 aromatic heterocycles. The maximum atomic E-state index is 13.3. The molecule has 0 spiro atoms. The number of benzene rings is 1. The molecule has 2 aliphatic heterocycles. The largest absolute Gasteiger partial charge is 0.313 e. The summed E-state index contributed by atoms with van der Waals surface area (Å²) in [5, 5.41) is 3.44. The van der Waals surface area contributed by atoms with Gasteiger partial charge in [0, 0.05) is 31.7 Å². The van der Waals surface area contributed by atoms with Gasteiger partial charge in [-0.05, 0) is 36.3 Å². The van der Waals surface area contributed by atoms with Crippen LogP contribution in [0.2, 0.25) is 0 Å². The van der Waals surface area contributed by atoms with Gasteiger partial charge in [-0.2, -0.15) is 4.31 Å². The summed E-state index contributed by atoms with van der Waals surface area (Å²) in [6.07, 6.45) is 1.52. The molecule has 2 saturated heterocycles. The number of nitrogens with zero attached hydrogens (tertiary/aromatic N) is 1. The normalized spacial score (nSPS) is 26.0. The van der Waals surface area contributed by atoms with Gasteiger partial charge < -0.3 is 5.32 Å². The minimum absolute atomic E-state index is 0.247. The molecule has 0 aliphatic carbocycles. The van der Waals surface area contributed by atoms with Crippen LogP contribution in [-0.4, -0.2) is 38.4 Å². The minimum Gasteiger partial charge on any atom is -0.313 e. The Hall–Kier alpha value is -1.05. The topological polar surface area (TPSA) is 49.4 Å². The third-order valence-electron chi connectivity index (χ3n) is 5.06. The lowest BCUT2D eigenvalue weighted by Crippen LogP contribution is -2.63. The molecule has 0 unspecified atom stereocenters. The van der Waals surface area contributed by atoms with E-state index in [0.717, 1.165) is 31.5 Å². The molecule has 2 heterocycles. The van der Waals surface area contributed by atoms with Crippen LogP contribution in [0.1, 0.15) is 26.7 Å². The van der Waals surface area contributed by atoms with Crippen molar-refractivity contribution in [1.29, 1.82) is 0 Å². The van der Waals surface area contributed by atoms with E-state index < -0.39 is 21.7 Å². The van der Waals surface area contributed by atoms with Crippen molar-refractivity contribution in [2.75, 3.05) is 19.6 Å². The quantitative estimate of drug-likeness (QED) is 0.916. The molecule has 4 nitrogen and oxygen atoms in total. The lowest BCUT2D eigenvalue weighted by molar-refractivity contribution is 0.0518. The third-order valence-corrected chi connectivity index (χ3v) is 6.94. The molecular formula is C16H22F2N2O2S. The number of piperidine rings is 1. The molecular weight excluding hydrogens is 322 g/mol. The zero-order chi connectivity index (χ0) is 16.8. The standard InChI is InChI=1S/C16H22F2N2O2S/c1-16(2)10-19-15(16)11-3-5-20(6-4-11)23(21,22)14-8-12(17)7-13(18)9-14/h7-9,11,15,19H,3-6,10H2,1-2H3/t15-/m0/s1. The number of sulfonamides is 1. The Morgan fingerprint density at radius 2 is 1.70 bits per heavy atom. The van der Waals surface area contributed by atoms with Gasteiger partial charge in [0.1, 0.15) is 11.6 Å². The Morgan fingerprint density at radius 3 is 2.13 bits per heavy atom. The van der Waals surface area contributed by atoms with Crippen molar-refractivity contribution in [2.45, 2.75) is 37.6 Å². The lowest BCUT2D eigenvalue weighted by atomic mass is 9.69. The van der Waals surface area contributed by atoms with E-state index in [4.69, 9.17) is 0 Å². The number of hydrogen-bond donors (Lipinski definition) is 1. The molecule has 0 amide bonds. The van der Waals surface area contributed by atoms with E-state index in [0.29, 0.717) is 31.1 Å². The van der Waals surface area contributed by atoms with E-state index in [1.807, 2.05) is 0 Å². The molecule has 3 rings (SSSR count). The highest BCUT2D eigenvalue weighted by Gasteiger charge is 2.44. The van der Waals surface area contributed by atoms with Gasteiger partial charge in [-0.3, -0.25) is 0 Å². The monoisotopic (exact) mass is 344 g/mol. The van der Waals surface area contributed by atoms with E-state index in [1.165, 1.54) is 4.31 Å². The van der Waals surface area contributed by atoms with Gasteiger partial charge in [0.2, 0.25) is 10.0 Å². The highest BCUT2D eigenvalue weighted by Crippen LogP contribution is 2.38. The highest BCUT2D eigenvalue weighted by atomic mass is 32.2. The summed E-state index contributed by atoms with van der Waals surface area (Å²) in [7, 11) is -3.84. The summed E-state index contributed by atoms with van der Waals surface area (Å²) in [6, 6.07) is 2.84. The first-order valence-electron chi connectivity index (χ1n) is 7.90. The molecule has 1 aromatic carbocycles. The van der Waals surface area contributed by atoms with E-state index in [9.17, 15) is 17.2 Å². The molecule has 23 heavy (non-hydrogen) atoms. The van der Waals surface area contributed by atoms with E-state index in [1.54, 1.807) is 0 Å². The lowest BCUT2D eigenvalue weighted by Gasteiger charge is -2.51. The van der Waals surface area contributed by atoms with Crippen LogP contribution in [0.15, 0.2) is 23.1 Å². The Morgan fingerprint density at radius 1 is 1.13 bits per heavy atom. The second-order valence-electron chi connectivity index (χ2n) is 7.19. The fraction of sp³-hybridized carbons (Fsp3) is 0.625. The Balaban J connectivity index is 1.71. The number of hydrogen-bond acceptors (Lipinski definition) is 3. The van der Waals surface area contributed by atoms with Crippen LogP contribution in [0.25, 0.3) is 0 Å². The maximum Gasteiger partial charge on any atom is 0.243 e. The molecule has 0 bridgehead atoms. The van der Waals surface area contributed by atoms with Crippen LogP contribution < -0.4 is 5.32 Å². The zero-order valence-corrected chi connectivity index (χ0v) is 14.2. The average Bonchev–Trinajstić information content (AvgIpc) is 2.46. The Bertz CT molecular complexity index is 678. The second-order valence-corrected chi connectivity index (χ2v) is 9.13. The van der Waals surface area contributed by atoms with Crippen molar-refractivity contribution in [3.63, 3.8) is 0 Å². The fourth-order valence-corrected chi connectivity index (χ4v) is 5.22. The number of nitrogens with one attached hydrogen (secondary N) is 1. The summed E-state index contributed by atoms with van der Waals surface area (Å²) in [5.74, 6) is -1.31. The van der Waals surface area contributed by atoms with Crippen molar-refractivity contribution in [3.8, 4) is 0 Å². The van der Waals surface area contributed by atoms with Crippen molar-refractivity contribution in [1.82, 2.24) is 9.62 Å². The third kappa shape index (κ3) is 3.14. The van der Waals surface area contributed by atoms with Crippen LogP contribution in [-0.2, 0) is 10.0 Å². The molecule has 128 valence electrons. The molecule has 1 N–H and O–H groups in total. The SMILES string of the molecule is CC1(C)CN[C@H]1C1CCN(S(=O)(=O)c2cc(F)cc(F)c2)CC1. The first kappa shape index (κ1) is 16.8. The van der Waals surface area contributed by atoms with Gasteiger partial charge >= 0.3 is 0 Å². The average molecular weight is 344 g/mol. The fourth-order valence-electron chi connectivity index (χ4n) is 3.71. The number of rotatable bonds is 3. The molecule has 0 saturated carbocycles. The summed E-state index contributed by atoms with van der Waals surface area (Å²) in [4.78, 5) is -0.310. The summed E-state index contributed by atoms with van der Waals surface area (Å²) < 4.78 is 53.1. The molecule has 2 fully saturated rings. The smallest absolute Gasteiger partial charge is 0.243 e. The van der Waals surface area contributed by atoms with Crippen LogP contribution >= 0.6 is 0 Å². The first-order valence-corrected chi connectivity index (χ1v) is 9.34. The van der Waals surface area contributed by atoms with Gasteiger partial charge in [0.25, 0.3) is 0 Å². The molecule has 0 radical (unpaired) electrons. The van der Waals surface area contributed by atoms with E-state index in [2.05, 4.69) is 19.2 Å². The van der Waals surface area contributed by atoms with Crippen LogP contribution in [0.3, 0.4) is 0 Å². The van der Waals surface area contributed by atoms with Gasteiger partial charge in [-0.25, -0.2) is 17.2 Å². The van der Waals surface area contributed by atoms with Gasteiger partial charge in [-0.15, -0.1) is 0 Å². The molecule has 7 heteroatoms. The van der Waals surface area contributed by atoms with Crippen LogP contribution in [0, 0.1) is 23.0 Å². The van der Waals surface area contributed by atoms with Crippen LogP contribution in [0.5, 0.6) is 0 Å². The Kier molecular flexibility index (Phi) is 4.23. The predicted molar refractivity (Wildman–Crippen MR) is 83.4 cm³/mol. The van der Waals surface area contributed by atoms with Gasteiger partial charge in [0.15, 0.2) is 0 Å². The van der Waals surface area contributed by atoms with E-state index in [-0.39, 0.29) is 10.3 Å². The van der Waals surface area contributed by atoms with Crippen LogP contribution in [0.4, 0.5) is 8.78 Å². The molecule has 1 aromatic rings. The summed E-state index contributed by atoms with van der Waals surface area (Å²) >= 11 is 0. The van der Waals surface area contributed by atoms with Gasteiger partial charge in [-0.1, -0.05) is 13.8 Å². The van der Waals surface area contributed by atoms with Crippen molar-refractivity contribution < 1.29 is 17.2 Å². The summed E-state index contributed by atoms with van der Waals surface area (Å²) in [6.45, 7) is 6.19. The highest BCUT2D eigenvalue weighted by molar-refractivity contribution is 7.89. The zero-order valence-electron chi connectivity index (χ0n) is 13.4. The number of halogens is 2. The van der Waals surface area contributed by atoms with E-state index >= 15 is 0 Å². The van der Waals surface area contributed by atoms with Gasteiger partial charge in [0.05, 0.1) is 4.90 Å². The second kappa shape index (κ2) is 5.79. The maximum absolute atomic E-state index is 13.3. The summed E-state index contributed by atoms with van der Waals surface area (Å²) in [5.41, 5.74) is 0.247. The Labute approximate surface area is 135 Å². The van der Waals surface area contributed by atoms with Crippen molar-refractivity contribution in [3.05, 3.63) is 29.8 Å². The first-order chi connectivity index (χ1) is 10.7.